The highest BCUT2D eigenvalue weighted by atomic mass is 35.5. The molecule has 1 aliphatic carbocycles. The quantitative estimate of drug-likeness (QED) is 0.216. The fraction of sp³-hybridized carbons (Fsp3) is 0.419. The van der Waals surface area contributed by atoms with E-state index < -0.39 is 47.3 Å². The first-order chi connectivity index (χ1) is 20.7. The monoisotopic (exact) mass is 642 g/mol. The van der Waals surface area contributed by atoms with Gasteiger partial charge in [0, 0.05) is 11.1 Å². The molecule has 1 amide bonds. The van der Waals surface area contributed by atoms with Crippen molar-refractivity contribution >= 4 is 17.7 Å². The summed E-state index contributed by atoms with van der Waals surface area (Å²) in [6, 6.07) is 9.23. The van der Waals surface area contributed by atoms with Gasteiger partial charge in [-0.2, -0.15) is 26.3 Å². The first-order valence-corrected chi connectivity index (χ1v) is 14.3. The lowest BCUT2D eigenvalue weighted by molar-refractivity contribution is -0.143. The lowest BCUT2D eigenvalue weighted by atomic mass is 9.82. The molecule has 236 valence electrons. The van der Waals surface area contributed by atoms with Crippen LogP contribution in [0.3, 0.4) is 0 Å². The third-order valence-electron chi connectivity index (χ3n) is 8.27. The van der Waals surface area contributed by atoms with Crippen LogP contribution in [0.4, 0.5) is 31.1 Å². The summed E-state index contributed by atoms with van der Waals surface area (Å²) in [5.41, 5.74) is -0.819. The van der Waals surface area contributed by atoms with Crippen molar-refractivity contribution in [3.8, 4) is 16.9 Å². The predicted molar refractivity (Wildman–Crippen MR) is 149 cm³/mol. The van der Waals surface area contributed by atoms with Crippen molar-refractivity contribution in [3.05, 3.63) is 81.6 Å². The number of aromatic nitrogens is 1. The molecule has 2 fully saturated rings. The Hall–Kier alpha value is -3.51. The molecule has 0 radical (unpaired) electrons. The highest BCUT2D eigenvalue weighted by Crippen LogP contribution is 2.43. The standard InChI is InChI=1S/C31H29ClF6N2O4/c1-16-28(19-11-20(30(33,34)35)14-21(12-19)31(36,37)38)44-29(42)40(16)15-25-23(8-10-27(32)39-25)24-13-18(5-9-26(24)43-2)17-3-6-22(41)7-4-17/h5,8-14,16-17,22,28,41H,3-4,6-7,15H2,1-2H3/t16-,17-,22-,28-/m0/s1. The number of aliphatic hydroxyl groups is 1. The number of nitrogens with zero attached hydrogens (tertiary/aromatic N) is 2. The summed E-state index contributed by atoms with van der Waals surface area (Å²) in [5.74, 6) is 0.740. The number of benzene rings is 2. The van der Waals surface area contributed by atoms with Gasteiger partial charge in [-0.15, -0.1) is 0 Å². The first kappa shape index (κ1) is 31.9. The van der Waals surface area contributed by atoms with E-state index in [1.807, 2.05) is 18.2 Å². The average Bonchev–Trinajstić information content (AvgIpc) is 3.24. The number of cyclic esters (lactones) is 1. The van der Waals surface area contributed by atoms with E-state index in [9.17, 15) is 36.2 Å². The molecule has 2 atom stereocenters. The van der Waals surface area contributed by atoms with E-state index in [2.05, 4.69) is 4.98 Å². The number of hydrogen-bond donors (Lipinski definition) is 1. The Morgan fingerprint density at radius 3 is 2.16 bits per heavy atom. The van der Waals surface area contributed by atoms with Crippen LogP contribution in [0, 0.1) is 0 Å². The maximum absolute atomic E-state index is 13.5. The molecule has 2 aromatic carbocycles. The Morgan fingerprint density at radius 1 is 0.932 bits per heavy atom. The van der Waals surface area contributed by atoms with Crippen molar-refractivity contribution in [1.29, 1.82) is 0 Å². The van der Waals surface area contributed by atoms with Crippen LogP contribution in [-0.4, -0.2) is 40.3 Å². The van der Waals surface area contributed by atoms with Crippen LogP contribution in [0.25, 0.3) is 11.1 Å². The predicted octanol–water partition coefficient (Wildman–Crippen LogP) is 8.55. The molecule has 1 aromatic heterocycles. The maximum Gasteiger partial charge on any atom is 0.416 e. The number of halogens is 7. The normalized spacial score (nSPS) is 22.7. The zero-order chi connectivity index (χ0) is 32.0. The first-order valence-electron chi connectivity index (χ1n) is 13.9. The number of pyridine rings is 1. The second-order valence-corrected chi connectivity index (χ2v) is 11.5. The fourth-order valence-electron chi connectivity index (χ4n) is 5.90. The summed E-state index contributed by atoms with van der Waals surface area (Å²) in [6.45, 7) is 1.28. The van der Waals surface area contributed by atoms with Crippen LogP contribution in [0.15, 0.2) is 48.5 Å². The van der Waals surface area contributed by atoms with Crippen molar-refractivity contribution in [2.75, 3.05) is 7.11 Å². The van der Waals surface area contributed by atoms with Gasteiger partial charge in [0.05, 0.1) is 42.6 Å². The molecule has 1 N–H and O–H groups in total. The maximum atomic E-state index is 13.5. The van der Waals surface area contributed by atoms with Crippen LogP contribution >= 0.6 is 11.6 Å². The smallest absolute Gasteiger partial charge is 0.416 e. The van der Waals surface area contributed by atoms with E-state index in [-0.39, 0.29) is 29.8 Å². The van der Waals surface area contributed by atoms with E-state index in [0.29, 0.717) is 47.5 Å². The lowest BCUT2D eigenvalue weighted by Crippen LogP contribution is -2.32. The molecule has 2 heterocycles. The molecular weight excluding hydrogens is 614 g/mol. The van der Waals surface area contributed by atoms with Gasteiger partial charge in [-0.3, -0.25) is 4.90 Å². The summed E-state index contributed by atoms with van der Waals surface area (Å²) < 4.78 is 92.0. The van der Waals surface area contributed by atoms with Gasteiger partial charge in [0.2, 0.25) is 0 Å². The average molecular weight is 643 g/mol. The Kier molecular flexibility index (Phi) is 8.78. The van der Waals surface area contributed by atoms with Crippen LogP contribution in [0.2, 0.25) is 5.15 Å². The third-order valence-corrected chi connectivity index (χ3v) is 8.48. The topological polar surface area (TPSA) is 71.9 Å². The summed E-state index contributed by atoms with van der Waals surface area (Å²) in [6.07, 6.45) is -9.77. The van der Waals surface area contributed by atoms with Crippen LogP contribution in [-0.2, 0) is 23.6 Å². The Balaban J connectivity index is 1.49. The molecule has 0 unspecified atom stereocenters. The molecule has 1 saturated heterocycles. The van der Waals surface area contributed by atoms with Gasteiger partial charge in [0.1, 0.15) is 17.0 Å². The zero-order valence-corrected chi connectivity index (χ0v) is 24.4. The number of aliphatic hydroxyl groups excluding tert-OH is 1. The van der Waals surface area contributed by atoms with Crippen molar-refractivity contribution in [2.45, 2.75) is 75.7 Å². The zero-order valence-electron chi connectivity index (χ0n) is 23.7. The third kappa shape index (κ3) is 6.61. The van der Waals surface area contributed by atoms with E-state index in [1.165, 1.54) is 18.9 Å². The number of alkyl halides is 6. The number of carbonyl (C=O) groups is 1. The minimum Gasteiger partial charge on any atom is -0.496 e. The van der Waals surface area contributed by atoms with Gasteiger partial charge in [0.25, 0.3) is 0 Å². The number of hydrogen-bond acceptors (Lipinski definition) is 5. The fourth-order valence-corrected chi connectivity index (χ4v) is 6.07. The van der Waals surface area contributed by atoms with Crippen molar-refractivity contribution in [1.82, 2.24) is 9.88 Å². The molecule has 2 aliphatic rings. The van der Waals surface area contributed by atoms with Gasteiger partial charge < -0.3 is 14.6 Å². The highest BCUT2D eigenvalue weighted by molar-refractivity contribution is 6.29. The molecule has 6 nitrogen and oxygen atoms in total. The Bertz CT molecular complexity index is 1510. The Morgan fingerprint density at radius 2 is 1.57 bits per heavy atom. The SMILES string of the molecule is COc1ccc([C@H]2CC[C@H](O)CC2)cc1-c1ccc(Cl)nc1CN1C(=O)O[C@H](c2cc(C(F)(F)F)cc(C(F)(F)F)c2)[C@@H]1C. The largest absolute Gasteiger partial charge is 0.496 e. The second kappa shape index (κ2) is 12.1. The van der Waals surface area contributed by atoms with E-state index in [4.69, 9.17) is 21.1 Å². The van der Waals surface area contributed by atoms with E-state index in [1.54, 1.807) is 12.1 Å². The molecule has 1 saturated carbocycles. The lowest BCUT2D eigenvalue weighted by Gasteiger charge is -2.27. The molecule has 1 aliphatic heterocycles. The van der Waals surface area contributed by atoms with Gasteiger partial charge >= 0.3 is 18.4 Å². The van der Waals surface area contributed by atoms with Gasteiger partial charge in [-0.05, 0) is 92.1 Å². The summed E-state index contributed by atoms with van der Waals surface area (Å²) in [7, 11) is 1.51. The summed E-state index contributed by atoms with van der Waals surface area (Å²) in [4.78, 5) is 18.7. The van der Waals surface area contributed by atoms with Gasteiger partial charge in [-0.1, -0.05) is 17.7 Å². The van der Waals surface area contributed by atoms with Gasteiger partial charge in [0.15, 0.2) is 0 Å². The van der Waals surface area contributed by atoms with Gasteiger partial charge in [-0.25, -0.2) is 9.78 Å². The molecule has 3 aromatic rings. The molecular formula is C31H29ClF6N2O4. The van der Waals surface area contributed by atoms with Crippen LogP contribution in [0.1, 0.15) is 72.6 Å². The molecule has 13 heteroatoms. The van der Waals surface area contributed by atoms with Crippen molar-refractivity contribution in [3.63, 3.8) is 0 Å². The van der Waals surface area contributed by atoms with Crippen molar-refractivity contribution in [2.24, 2.45) is 0 Å². The van der Waals surface area contributed by atoms with E-state index in [0.717, 1.165) is 18.4 Å². The number of ether oxygens (including phenoxy) is 2. The molecule has 44 heavy (non-hydrogen) atoms. The number of methoxy groups -OCH3 is 1. The molecule has 5 rings (SSSR count). The van der Waals surface area contributed by atoms with Crippen molar-refractivity contribution < 1.29 is 45.7 Å². The highest BCUT2D eigenvalue weighted by Gasteiger charge is 2.43. The number of rotatable bonds is 6. The molecule has 0 spiro atoms. The minimum atomic E-state index is -5.05. The van der Waals surface area contributed by atoms with Crippen LogP contribution in [0.5, 0.6) is 5.75 Å². The number of amides is 1. The van der Waals surface area contributed by atoms with Crippen LogP contribution < -0.4 is 4.74 Å². The molecule has 0 bridgehead atoms. The Labute approximate surface area is 254 Å². The summed E-state index contributed by atoms with van der Waals surface area (Å²) in [5, 5.41) is 10.1. The summed E-state index contributed by atoms with van der Waals surface area (Å²) >= 11 is 6.23. The van der Waals surface area contributed by atoms with E-state index >= 15 is 0 Å². The minimum absolute atomic E-state index is 0.0296. The number of carbonyl (C=O) groups excluding carboxylic acids is 1. The second-order valence-electron chi connectivity index (χ2n) is 11.1.